The molecule has 1 aliphatic rings. The molecule has 1 aromatic heterocycles. The molecule has 152 valence electrons. The minimum Gasteiger partial charge on any atom is -0.444 e. The van der Waals surface area contributed by atoms with Gasteiger partial charge in [0.05, 0.1) is 26.8 Å². The summed E-state index contributed by atoms with van der Waals surface area (Å²) < 4.78 is 18.2. The van der Waals surface area contributed by atoms with Crippen LogP contribution in [0.4, 0.5) is 10.5 Å². The maximum absolute atomic E-state index is 12.8. The largest absolute Gasteiger partial charge is 0.444 e. The number of likely N-dealkylation sites (tertiary alicyclic amines) is 1. The number of amides is 1. The highest BCUT2D eigenvalue weighted by molar-refractivity contribution is 7.84. The highest BCUT2D eigenvalue weighted by Crippen LogP contribution is 2.23. The molecule has 2 heterocycles. The fourth-order valence-electron chi connectivity index (χ4n) is 3.18. The van der Waals surface area contributed by atoms with Gasteiger partial charge in [0, 0.05) is 31.0 Å². The Balaban J connectivity index is 1.66. The van der Waals surface area contributed by atoms with E-state index in [1.807, 2.05) is 20.8 Å². The second kappa shape index (κ2) is 7.86. The maximum Gasteiger partial charge on any atom is 0.410 e. The van der Waals surface area contributed by atoms with Crippen molar-refractivity contribution in [3.05, 3.63) is 28.3 Å². The predicted octanol–water partition coefficient (Wildman–Crippen LogP) is 3.23. The third-order valence-corrected chi connectivity index (χ3v) is 5.83. The van der Waals surface area contributed by atoms with Gasteiger partial charge in [0.25, 0.3) is 5.69 Å². The first-order chi connectivity index (χ1) is 13.1. The molecule has 1 aliphatic heterocycles. The van der Waals surface area contributed by atoms with Gasteiger partial charge in [-0.15, -0.1) is 0 Å². The van der Waals surface area contributed by atoms with Crippen molar-refractivity contribution in [2.45, 2.75) is 44.4 Å². The van der Waals surface area contributed by atoms with Crippen molar-refractivity contribution in [1.29, 1.82) is 0 Å². The topological polar surface area (TPSA) is 118 Å². The van der Waals surface area contributed by atoms with Crippen LogP contribution >= 0.6 is 0 Å². The summed E-state index contributed by atoms with van der Waals surface area (Å²) in [7, 11) is -1.39. The Hall–Kier alpha value is -2.49. The molecule has 28 heavy (non-hydrogen) atoms. The first kappa shape index (κ1) is 20.2. The van der Waals surface area contributed by atoms with Crippen LogP contribution in [0.25, 0.3) is 11.0 Å². The van der Waals surface area contributed by atoms with Crippen LogP contribution in [0, 0.1) is 16.0 Å². The highest BCUT2D eigenvalue weighted by Gasteiger charge is 2.29. The Morgan fingerprint density at radius 1 is 1.46 bits per heavy atom. The summed E-state index contributed by atoms with van der Waals surface area (Å²) in [6.45, 7) is 6.60. The lowest BCUT2D eigenvalue weighted by Crippen LogP contribution is -2.44. The van der Waals surface area contributed by atoms with Crippen LogP contribution in [0.1, 0.15) is 33.6 Å². The quantitative estimate of drug-likeness (QED) is 0.613. The van der Waals surface area contributed by atoms with Gasteiger partial charge in [-0.1, -0.05) is 0 Å². The number of carbonyl (C=O) groups is 1. The van der Waals surface area contributed by atoms with Gasteiger partial charge in [0.1, 0.15) is 5.60 Å². The van der Waals surface area contributed by atoms with E-state index in [4.69, 9.17) is 4.74 Å². The molecule has 1 aromatic carbocycles. The van der Waals surface area contributed by atoms with Crippen molar-refractivity contribution in [3.8, 4) is 0 Å². The van der Waals surface area contributed by atoms with Gasteiger partial charge < -0.3 is 14.6 Å². The van der Waals surface area contributed by atoms with E-state index in [2.05, 4.69) is 9.97 Å². The molecule has 1 N–H and O–H groups in total. The molecule has 1 amide bonds. The number of aromatic amines is 1. The van der Waals surface area contributed by atoms with Crippen LogP contribution in [-0.2, 0) is 15.5 Å². The van der Waals surface area contributed by atoms with E-state index in [1.165, 1.54) is 18.2 Å². The summed E-state index contributed by atoms with van der Waals surface area (Å²) in [6, 6.07) is 4.29. The van der Waals surface area contributed by atoms with Crippen molar-refractivity contribution >= 4 is 33.6 Å². The standard InChI is InChI=1S/C18H24N4O5S/c1-18(2,3)27-17(23)21-8-4-5-12(10-21)11-28(26)16-19-14-7-6-13(22(24)25)9-15(14)20-16/h6-7,9,12H,4-5,8,10-11H2,1-3H3,(H,19,20)/t12-,28+/m0/s1. The monoisotopic (exact) mass is 408 g/mol. The molecule has 0 aliphatic carbocycles. The van der Waals surface area contributed by atoms with E-state index >= 15 is 0 Å². The van der Waals surface area contributed by atoms with E-state index < -0.39 is 21.3 Å². The van der Waals surface area contributed by atoms with Crippen molar-refractivity contribution in [2.75, 3.05) is 18.8 Å². The van der Waals surface area contributed by atoms with Crippen LogP contribution in [0.2, 0.25) is 0 Å². The molecule has 0 bridgehead atoms. The van der Waals surface area contributed by atoms with Crippen LogP contribution in [-0.4, -0.2) is 54.5 Å². The molecule has 0 unspecified atom stereocenters. The molecule has 0 saturated carbocycles. The summed E-state index contributed by atoms with van der Waals surface area (Å²) in [5.74, 6) is 0.436. The third kappa shape index (κ3) is 4.86. The molecule has 0 spiro atoms. The number of nitro groups is 1. The second-order valence-corrected chi connectivity index (χ2v) is 9.36. The van der Waals surface area contributed by atoms with Crippen molar-refractivity contribution < 1.29 is 18.7 Å². The Kier molecular flexibility index (Phi) is 5.69. The number of non-ortho nitro benzene ring substituents is 1. The number of hydrogen-bond acceptors (Lipinski definition) is 6. The summed E-state index contributed by atoms with van der Waals surface area (Å²) in [5.41, 5.74) is 0.419. The molecular formula is C18H24N4O5S. The minimum absolute atomic E-state index is 0.0474. The van der Waals surface area contributed by atoms with Crippen molar-refractivity contribution in [1.82, 2.24) is 14.9 Å². The van der Waals surface area contributed by atoms with E-state index in [1.54, 1.807) is 4.90 Å². The van der Waals surface area contributed by atoms with E-state index in [9.17, 15) is 19.1 Å². The van der Waals surface area contributed by atoms with Gasteiger partial charge in [-0.2, -0.15) is 0 Å². The molecule has 1 fully saturated rings. The number of rotatable bonds is 4. The number of nitro benzene ring substituents is 1. The Bertz CT molecular complexity index is 920. The lowest BCUT2D eigenvalue weighted by molar-refractivity contribution is -0.384. The van der Waals surface area contributed by atoms with Crippen LogP contribution in [0.15, 0.2) is 23.4 Å². The summed E-state index contributed by atoms with van der Waals surface area (Å²) in [6.07, 6.45) is 1.35. The number of carbonyl (C=O) groups excluding carboxylic acids is 1. The predicted molar refractivity (Wildman–Crippen MR) is 105 cm³/mol. The van der Waals surface area contributed by atoms with Crippen LogP contribution in [0.3, 0.4) is 0 Å². The fourth-order valence-corrected chi connectivity index (χ4v) is 4.46. The lowest BCUT2D eigenvalue weighted by atomic mass is 10.0. The number of hydrogen-bond donors (Lipinski definition) is 1. The average Bonchev–Trinajstić information content (AvgIpc) is 3.04. The van der Waals surface area contributed by atoms with Crippen LogP contribution in [0.5, 0.6) is 0 Å². The molecule has 10 heteroatoms. The molecule has 2 aromatic rings. The molecule has 9 nitrogen and oxygen atoms in total. The number of imidazole rings is 1. The number of nitrogens with one attached hydrogen (secondary N) is 1. The van der Waals surface area contributed by atoms with E-state index in [0.29, 0.717) is 35.0 Å². The first-order valence-electron chi connectivity index (χ1n) is 9.13. The number of H-pyrrole nitrogens is 1. The second-order valence-electron chi connectivity index (χ2n) is 7.95. The lowest BCUT2D eigenvalue weighted by Gasteiger charge is -2.33. The zero-order valence-corrected chi connectivity index (χ0v) is 17.0. The zero-order chi connectivity index (χ0) is 20.5. The number of ether oxygens (including phenoxy) is 1. The van der Waals surface area contributed by atoms with Crippen molar-refractivity contribution in [2.24, 2.45) is 5.92 Å². The molecule has 0 radical (unpaired) electrons. The van der Waals surface area contributed by atoms with Crippen LogP contribution < -0.4 is 0 Å². The summed E-state index contributed by atoms with van der Waals surface area (Å²) in [4.78, 5) is 31.6. The van der Waals surface area contributed by atoms with E-state index in [-0.39, 0.29) is 17.7 Å². The molecular weight excluding hydrogens is 384 g/mol. The maximum atomic E-state index is 12.8. The Morgan fingerprint density at radius 2 is 2.21 bits per heavy atom. The van der Waals surface area contributed by atoms with Gasteiger partial charge in [0.15, 0.2) is 5.16 Å². The average molecular weight is 408 g/mol. The molecule has 3 rings (SSSR count). The Morgan fingerprint density at radius 3 is 2.89 bits per heavy atom. The van der Waals surface area contributed by atoms with E-state index in [0.717, 1.165) is 12.8 Å². The number of benzene rings is 1. The zero-order valence-electron chi connectivity index (χ0n) is 16.1. The smallest absolute Gasteiger partial charge is 0.410 e. The number of aromatic nitrogens is 2. The van der Waals surface area contributed by atoms with Gasteiger partial charge in [-0.25, -0.2) is 9.78 Å². The fraction of sp³-hybridized carbons (Fsp3) is 0.556. The molecule has 1 saturated heterocycles. The third-order valence-electron chi connectivity index (χ3n) is 4.43. The first-order valence-corrected chi connectivity index (χ1v) is 10.4. The normalized spacial score (nSPS) is 18.8. The van der Waals surface area contributed by atoms with Gasteiger partial charge in [-0.05, 0) is 45.6 Å². The Labute approximate surface area is 165 Å². The molecule has 2 atom stereocenters. The van der Waals surface area contributed by atoms with Gasteiger partial charge in [0.2, 0.25) is 0 Å². The van der Waals surface area contributed by atoms with Crippen molar-refractivity contribution in [3.63, 3.8) is 0 Å². The highest BCUT2D eigenvalue weighted by atomic mass is 32.2. The summed E-state index contributed by atoms with van der Waals surface area (Å²) in [5, 5.41) is 11.2. The number of piperidine rings is 1. The SMILES string of the molecule is CC(C)(C)OC(=O)N1CCC[C@H](C[S@@](=O)c2nc3ccc([N+](=O)[O-])cc3[nH]2)C1. The van der Waals surface area contributed by atoms with Gasteiger partial charge >= 0.3 is 6.09 Å². The number of nitrogens with zero attached hydrogens (tertiary/aromatic N) is 3. The number of fused-ring (bicyclic) bond motifs is 1. The minimum atomic E-state index is -1.39. The van der Waals surface area contributed by atoms with Gasteiger partial charge in [-0.3, -0.25) is 14.3 Å². The summed E-state index contributed by atoms with van der Waals surface area (Å²) >= 11 is 0.